The van der Waals surface area contributed by atoms with Crippen molar-refractivity contribution in [3.05, 3.63) is 44.9 Å². The first-order valence-electron chi connectivity index (χ1n) is 6.69. The smallest absolute Gasteiger partial charge is 0.304 e. The summed E-state index contributed by atoms with van der Waals surface area (Å²) >= 11 is 1.16. The zero-order valence-electron chi connectivity index (χ0n) is 12.2. The van der Waals surface area contributed by atoms with Gasteiger partial charge in [0.1, 0.15) is 5.52 Å². The standard InChI is InChI=1S/C14H17N5OS/c1-14(2,3)11-6-10-12(15-4-5-19(10)18-11)16-7-9-8-21-13(20)17-9/h4-6,8H,7H2,1-3H3,(H,15,16)(H,17,20). The molecule has 0 unspecified atom stereocenters. The van der Waals surface area contributed by atoms with Crippen LogP contribution in [-0.4, -0.2) is 19.6 Å². The van der Waals surface area contributed by atoms with Gasteiger partial charge in [-0.1, -0.05) is 32.1 Å². The second kappa shape index (κ2) is 5.00. The third-order valence-electron chi connectivity index (χ3n) is 3.18. The Hall–Kier alpha value is -2.15. The van der Waals surface area contributed by atoms with Crippen molar-refractivity contribution in [3.63, 3.8) is 0 Å². The van der Waals surface area contributed by atoms with Crippen LogP contribution in [0.25, 0.3) is 5.52 Å². The molecule has 0 saturated carbocycles. The molecule has 3 rings (SSSR count). The van der Waals surface area contributed by atoms with Gasteiger partial charge in [0.05, 0.1) is 12.2 Å². The van der Waals surface area contributed by atoms with E-state index >= 15 is 0 Å². The SMILES string of the molecule is CC(C)(C)c1cc2c(NCc3csc(=O)[nH]3)nccn2n1. The normalized spacial score (nSPS) is 12.0. The van der Waals surface area contributed by atoms with Gasteiger partial charge >= 0.3 is 4.87 Å². The van der Waals surface area contributed by atoms with Crippen LogP contribution in [0.4, 0.5) is 5.82 Å². The Bertz CT molecular complexity index is 824. The molecule has 0 bridgehead atoms. The van der Waals surface area contributed by atoms with E-state index in [2.05, 4.69) is 41.2 Å². The van der Waals surface area contributed by atoms with Crippen LogP contribution in [0.2, 0.25) is 0 Å². The fraction of sp³-hybridized carbons (Fsp3) is 0.357. The van der Waals surface area contributed by atoms with Crippen molar-refractivity contribution in [1.29, 1.82) is 0 Å². The number of rotatable bonds is 3. The van der Waals surface area contributed by atoms with Crippen LogP contribution in [0.15, 0.2) is 28.6 Å². The summed E-state index contributed by atoms with van der Waals surface area (Å²) in [6, 6.07) is 2.05. The number of fused-ring (bicyclic) bond motifs is 1. The molecule has 0 spiro atoms. The largest absolute Gasteiger partial charge is 0.363 e. The van der Waals surface area contributed by atoms with Crippen LogP contribution in [-0.2, 0) is 12.0 Å². The topological polar surface area (TPSA) is 75.1 Å². The Balaban J connectivity index is 1.91. The zero-order chi connectivity index (χ0) is 15.0. The van der Waals surface area contributed by atoms with Crippen molar-refractivity contribution >= 4 is 22.7 Å². The number of nitrogens with zero attached hydrogens (tertiary/aromatic N) is 3. The summed E-state index contributed by atoms with van der Waals surface area (Å²) < 4.78 is 1.83. The number of anilines is 1. The molecule has 3 aromatic rings. The van der Waals surface area contributed by atoms with E-state index in [-0.39, 0.29) is 10.3 Å². The minimum absolute atomic E-state index is 0.0120. The third kappa shape index (κ3) is 2.82. The van der Waals surface area contributed by atoms with E-state index < -0.39 is 0 Å². The summed E-state index contributed by atoms with van der Waals surface area (Å²) in [5.74, 6) is 0.757. The van der Waals surface area contributed by atoms with Gasteiger partial charge in [-0.05, 0) is 6.07 Å². The molecular formula is C14H17N5OS. The van der Waals surface area contributed by atoms with Gasteiger partial charge in [-0.25, -0.2) is 9.50 Å². The van der Waals surface area contributed by atoms with E-state index in [0.717, 1.165) is 34.1 Å². The highest BCUT2D eigenvalue weighted by molar-refractivity contribution is 7.07. The fourth-order valence-electron chi connectivity index (χ4n) is 2.00. The molecule has 0 aliphatic rings. The summed E-state index contributed by atoms with van der Waals surface area (Å²) in [4.78, 5) is 18.2. The molecule has 0 atom stereocenters. The minimum Gasteiger partial charge on any atom is -0.363 e. The van der Waals surface area contributed by atoms with Crippen LogP contribution in [0.3, 0.4) is 0 Å². The number of H-pyrrole nitrogens is 1. The first-order valence-corrected chi connectivity index (χ1v) is 7.57. The number of aromatic amines is 1. The summed E-state index contributed by atoms with van der Waals surface area (Å²) in [7, 11) is 0. The zero-order valence-corrected chi connectivity index (χ0v) is 13.0. The van der Waals surface area contributed by atoms with Gasteiger partial charge in [0.15, 0.2) is 5.82 Å². The summed E-state index contributed by atoms with van der Waals surface area (Å²) in [6.07, 6.45) is 3.55. The maximum Gasteiger partial charge on any atom is 0.304 e. The number of hydrogen-bond donors (Lipinski definition) is 2. The molecule has 110 valence electrons. The molecule has 2 N–H and O–H groups in total. The summed E-state index contributed by atoms with van der Waals surface area (Å²) in [6.45, 7) is 6.92. The summed E-state index contributed by atoms with van der Waals surface area (Å²) in [5.41, 5.74) is 2.79. The van der Waals surface area contributed by atoms with E-state index in [1.54, 1.807) is 6.20 Å². The molecule has 0 amide bonds. The molecule has 6 nitrogen and oxygen atoms in total. The van der Waals surface area contributed by atoms with E-state index in [1.807, 2.05) is 22.2 Å². The highest BCUT2D eigenvalue weighted by atomic mass is 32.1. The average molecular weight is 303 g/mol. The molecule has 0 aromatic carbocycles. The van der Waals surface area contributed by atoms with Gasteiger partial charge in [-0.3, -0.25) is 4.79 Å². The quantitative estimate of drug-likeness (QED) is 0.779. The second-order valence-corrected chi connectivity index (χ2v) is 6.75. The van der Waals surface area contributed by atoms with Gasteiger partial charge in [0.25, 0.3) is 0 Å². The number of aromatic nitrogens is 4. The van der Waals surface area contributed by atoms with Crippen molar-refractivity contribution in [2.75, 3.05) is 5.32 Å². The Kier molecular flexibility index (Phi) is 3.29. The molecule has 3 aromatic heterocycles. The minimum atomic E-state index is -0.0441. The van der Waals surface area contributed by atoms with E-state index in [9.17, 15) is 4.79 Å². The van der Waals surface area contributed by atoms with Crippen LogP contribution in [0.5, 0.6) is 0 Å². The van der Waals surface area contributed by atoms with Gasteiger partial charge in [0.2, 0.25) is 0 Å². The average Bonchev–Trinajstić information content (AvgIpc) is 3.01. The van der Waals surface area contributed by atoms with Crippen molar-refractivity contribution in [2.45, 2.75) is 32.7 Å². The van der Waals surface area contributed by atoms with Gasteiger partial charge in [-0.15, -0.1) is 0 Å². The molecule has 0 aliphatic carbocycles. The molecule has 0 aliphatic heterocycles. The molecule has 21 heavy (non-hydrogen) atoms. The van der Waals surface area contributed by atoms with E-state index in [4.69, 9.17) is 0 Å². The third-order valence-corrected chi connectivity index (χ3v) is 3.89. The first-order chi connectivity index (χ1) is 9.93. The fourth-order valence-corrected chi connectivity index (χ4v) is 2.59. The lowest BCUT2D eigenvalue weighted by atomic mass is 9.92. The van der Waals surface area contributed by atoms with Gasteiger partial charge in [-0.2, -0.15) is 5.10 Å². The number of hydrogen-bond acceptors (Lipinski definition) is 5. The summed E-state index contributed by atoms with van der Waals surface area (Å²) in [5, 5.41) is 9.64. The van der Waals surface area contributed by atoms with Crippen LogP contribution in [0.1, 0.15) is 32.2 Å². The van der Waals surface area contributed by atoms with Crippen molar-refractivity contribution < 1.29 is 0 Å². The molecule has 0 radical (unpaired) electrons. The number of nitrogens with one attached hydrogen (secondary N) is 2. The Labute approximate surface area is 125 Å². The van der Waals surface area contributed by atoms with Crippen molar-refractivity contribution in [3.8, 4) is 0 Å². The van der Waals surface area contributed by atoms with Crippen LogP contribution < -0.4 is 10.2 Å². The molecule has 3 heterocycles. The molecule has 0 fully saturated rings. The molecule has 0 saturated heterocycles. The predicted molar refractivity (Wildman–Crippen MR) is 84.0 cm³/mol. The Morgan fingerprint density at radius 2 is 2.24 bits per heavy atom. The van der Waals surface area contributed by atoms with E-state index in [0.29, 0.717) is 6.54 Å². The van der Waals surface area contributed by atoms with Crippen molar-refractivity contribution in [1.82, 2.24) is 19.6 Å². The van der Waals surface area contributed by atoms with Gasteiger partial charge < -0.3 is 10.3 Å². The number of thiazole rings is 1. The second-order valence-electron chi connectivity index (χ2n) is 5.91. The Morgan fingerprint density at radius 3 is 2.90 bits per heavy atom. The predicted octanol–water partition coefficient (Wildman–Crippen LogP) is 2.39. The van der Waals surface area contributed by atoms with E-state index in [1.165, 1.54) is 0 Å². The lowest BCUT2D eigenvalue weighted by Gasteiger charge is -2.13. The lowest BCUT2D eigenvalue weighted by Crippen LogP contribution is -2.11. The first kappa shape index (κ1) is 13.8. The van der Waals surface area contributed by atoms with Crippen LogP contribution >= 0.6 is 11.3 Å². The monoisotopic (exact) mass is 303 g/mol. The maximum atomic E-state index is 11.1. The highest BCUT2D eigenvalue weighted by Crippen LogP contribution is 2.24. The van der Waals surface area contributed by atoms with Crippen LogP contribution in [0, 0.1) is 0 Å². The van der Waals surface area contributed by atoms with Crippen molar-refractivity contribution in [2.24, 2.45) is 0 Å². The molecular weight excluding hydrogens is 286 g/mol. The molecule has 7 heteroatoms. The maximum absolute atomic E-state index is 11.1. The highest BCUT2D eigenvalue weighted by Gasteiger charge is 2.19. The Morgan fingerprint density at radius 1 is 1.43 bits per heavy atom. The lowest BCUT2D eigenvalue weighted by molar-refractivity contribution is 0.562. The van der Waals surface area contributed by atoms with Gasteiger partial charge in [0, 0.05) is 28.9 Å².